The second kappa shape index (κ2) is 6.53. The fraction of sp³-hybridized carbons (Fsp3) is 0.562. The molecule has 1 unspecified atom stereocenters. The number of rotatable bonds is 6. The summed E-state index contributed by atoms with van der Waals surface area (Å²) in [5, 5.41) is 10.6. The maximum Gasteiger partial charge on any atom is 0.435 e. The zero-order chi connectivity index (χ0) is 18.2. The molecule has 136 valence electrons. The van der Waals surface area contributed by atoms with Crippen LogP contribution < -0.4 is 5.32 Å². The summed E-state index contributed by atoms with van der Waals surface area (Å²) in [5.74, 6) is -0.330. The van der Waals surface area contributed by atoms with Crippen molar-refractivity contribution in [2.45, 2.75) is 57.9 Å². The van der Waals surface area contributed by atoms with Gasteiger partial charge in [0, 0.05) is 24.4 Å². The summed E-state index contributed by atoms with van der Waals surface area (Å²) in [6.07, 6.45) is -1.06. The van der Waals surface area contributed by atoms with Crippen molar-refractivity contribution in [1.82, 2.24) is 24.9 Å². The standard InChI is InChI=1S/C16H20F3N5O/c1-3-23-7-6-12(21-23)9-20-15(25)10(2)24-13(11-4-5-11)8-14(22-24)16(17,18)19/h6-8,10-11H,3-5,9H2,1-2H3,(H,20,25). The van der Waals surface area contributed by atoms with E-state index in [1.54, 1.807) is 23.9 Å². The Labute approximate surface area is 143 Å². The Balaban J connectivity index is 1.71. The Morgan fingerprint density at radius 1 is 1.40 bits per heavy atom. The fourth-order valence-corrected chi connectivity index (χ4v) is 2.65. The lowest BCUT2D eigenvalue weighted by atomic mass is 10.2. The van der Waals surface area contributed by atoms with Gasteiger partial charge in [-0.3, -0.25) is 14.2 Å². The Hall–Kier alpha value is -2.32. The van der Waals surface area contributed by atoms with Gasteiger partial charge in [-0.05, 0) is 38.8 Å². The first kappa shape index (κ1) is 17.5. The van der Waals surface area contributed by atoms with Crippen molar-refractivity contribution in [2.75, 3.05) is 0 Å². The van der Waals surface area contributed by atoms with E-state index in [4.69, 9.17) is 0 Å². The van der Waals surface area contributed by atoms with E-state index in [1.165, 1.54) is 4.68 Å². The molecule has 1 fully saturated rings. The lowest BCUT2D eigenvalue weighted by Crippen LogP contribution is -2.32. The first-order valence-electron chi connectivity index (χ1n) is 8.26. The van der Waals surface area contributed by atoms with E-state index in [0.29, 0.717) is 11.4 Å². The van der Waals surface area contributed by atoms with Gasteiger partial charge in [0.15, 0.2) is 5.69 Å². The van der Waals surface area contributed by atoms with Crippen LogP contribution in [0, 0.1) is 0 Å². The van der Waals surface area contributed by atoms with E-state index in [0.717, 1.165) is 25.5 Å². The summed E-state index contributed by atoms with van der Waals surface area (Å²) in [6, 6.07) is 2.03. The topological polar surface area (TPSA) is 64.7 Å². The van der Waals surface area contributed by atoms with Gasteiger partial charge in [0.2, 0.25) is 5.91 Å². The van der Waals surface area contributed by atoms with Gasteiger partial charge >= 0.3 is 6.18 Å². The zero-order valence-corrected chi connectivity index (χ0v) is 14.0. The molecule has 0 radical (unpaired) electrons. The molecule has 2 aromatic rings. The number of carbonyl (C=O) groups excluding carboxylic acids is 1. The minimum atomic E-state index is -4.52. The van der Waals surface area contributed by atoms with Crippen molar-refractivity contribution < 1.29 is 18.0 Å². The van der Waals surface area contributed by atoms with Crippen LogP contribution in [0.5, 0.6) is 0 Å². The van der Waals surface area contributed by atoms with Crippen LogP contribution in [-0.2, 0) is 24.1 Å². The number of aromatic nitrogens is 4. The van der Waals surface area contributed by atoms with Crippen molar-refractivity contribution in [3.8, 4) is 0 Å². The molecule has 0 bridgehead atoms. The lowest BCUT2D eigenvalue weighted by Gasteiger charge is -2.15. The molecular weight excluding hydrogens is 335 g/mol. The maximum absolute atomic E-state index is 12.9. The van der Waals surface area contributed by atoms with Gasteiger partial charge in [0.25, 0.3) is 0 Å². The minimum absolute atomic E-state index is 0.0547. The first-order chi connectivity index (χ1) is 11.8. The van der Waals surface area contributed by atoms with Crippen LogP contribution >= 0.6 is 0 Å². The summed E-state index contributed by atoms with van der Waals surface area (Å²) in [7, 11) is 0. The summed E-state index contributed by atoms with van der Waals surface area (Å²) in [6.45, 7) is 4.46. The largest absolute Gasteiger partial charge is 0.435 e. The molecular formula is C16H20F3N5O. The number of carbonyl (C=O) groups is 1. The molecule has 1 saturated carbocycles. The maximum atomic E-state index is 12.9. The highest BCUT2D eigenvalue weighted by Crippen LogP contribution is 2.42. The minimum Gasteiger partial charge on any atom is -0.349 e. The second-order valence-electron chi connectivity index (χ2n) is 6.23. The Morgan fingerprint density at radius 2 is 2.12 bits per heavy atom. The predicted molar refractivity (Wildman–Crippen MR) is 83.7 cm³/mol. The molecule has 1 atom stereocenters. The summed E-state index contributed by atoms with van der Waals surface area (Å²) >= 11 is 0. The van der Waals surface area contributed by atoms with Crippen molar-refractivity contribution in [3.05, 3.63) is 35.4 Å². The Bertz CT molecular complexity index is 760. The van der Waals surface area contributed by atoms with Gasteiger partial charge in [-0.15, -0.1) is 0 Å². The van der Waals surface area contributed by atoms with Crippen LogP contribution in [0.25, 0.3) is 0 Å². The first-order valence-corrected chi connectivity index (χ1v) is 8.26. The van der Waals surface area contributed by atoms with Crippen LogP contribution in [0.1, 0.15) is 55.7 Å². The fourth-order valence-electron chi connectivity index (χ4n) is 2.65. The van der Waals surface area contributed by atoms with Crippen LogP contribution in [0.15, 0.2) is 18.3 Å². The number of nitrogens with one attached hydrogen (secondary N) is 1. The number of amides is 1. The molecule has 0 aromatic carbocycles. The van der Waals surface area contributed by atoms with Crippen LogP contribution in [0.4, 0.5) is 13.2 Å². The number of aryl methyl sites for hydroxylation is 1. The van der Waals surface area contributed by atoms with Gasteiger partial charge in [-0.25, -0.2) is 0 Å². The number of alkyl halides is 3. The predicted octanol–water partition coefficient (Wildman–Crippen LogP) is 2.87. The molecule has 3 rings (SSSR count). The molecule has 0 saturated heterocycles. The van der Waals surface area contributed by atoms with E-state index in [-0.39, 0.29) is 18.4 Å². The Kier molecular flexibility index (Phi) is 4.57. The monoisotopic (exact) mass is 355 g/mol. The number of halogens is 3. The summed E-state index contributed by atoms with van der Waals surface area (Å²) in [4.78, 5) is 12.4. The van der Waals surface area contributed by atoms with Crippen molar-refractivity contribution in [2.24, 2.45) is 0 Å². The normalized spacial score (nSPS) is 16.0. The third-order valence-corrected chi connectivity index (χ3v) is 4.26. The molecule has 2 aromatic heterocycles. The third kappa shape index (κ3) is 3.85. The molecule has 1 N–H and O–H groups in total. The highest BCUT2D eigenvalue weighted by Gasteiger charge is 2.39. The molecule has 1 amide bonds. The molecule has 0 aliphatic heterocycles. The van der Waals surface area contributed by atoms with Gasteiger partial charge in [-0.2, -0.15) is 23.4 Å². The summed E-state index contributed by atoms with van der Waals surface area (Å²) in [5.41, 5.74) is 0.224. The highest BCUT2D eigenvalue weighted by molar-refractivity contribution is 5.79. The molecule has 1 aliphatic carbocycles. The smallest absolute Gasteiger partial charge is 0.349 e. The van der Waals surface area contributed by atoms with E-state index in [1.807, 2.05) is 6.92 Å². The number of hydrogen-bond donors (Lipinski definition) is 1. The van der Waals surface area contributed by atoms with Crippen molar-refractivity contribution >= 4 is 5.91 Å². The second-order valence-corrected chi connectivity index (χ2v) is 6.23. The molecule has 1 aliphatic rings. The van der Waals surface area contributed by atoms with Gasteiger partial charge < -0.3 is 5.32 Å². The van der Waals surface area contributed by atoms with Gasteiger partial charge in [0.1, 0.15) is 6.04 Å². The highest BCUT2D eigenvalue weighted by atomic mass is 19.4. The molecule has 25 heavy (non-hydrogen) atoms. The lowest BCUT2D eigenvalue weighted by molar-refractivity contribution is -0.142. The van der Waals surface area contributed by atoms with Crippen LogP contribution in [0.2, 0.25) is 0 Å². The van der Waals surface area contributed by atoms with Crippen LogP contribution in [0.3, 0.4) is 0 Å². The average molecular weight is 355 g/mol. The van der Waals surface area contributed by atoms with E-state index in [2.05, 4.69) is 15.5 Å². The molecule has 9 heteroatoms. The van der Waals surface area contributed by atoms with Crippen molar-refractivity contribution in [1.29, 1.82) is 0 Å². The van der Waals surface area contributed by atoms with E-state index >= 15 is 0 Å². The van der Waals surface area contributed by atoms with Crippen molar-refractivity contribution in [3.63, 3.8) is 0 Å². The van der Waals surface area contributed by atoms with E-state index in [9.17, 15) is 18.0 Å². The number of hydrogen-bond acceptors (Lipinski definition) is 3. The van der Waals surface area contributed by atoms with Crippen LogP contribution in [-0.4, -0.2) is 25.5 Å². The summed E-state index contributed by atoms with van der Waals surface area (Å²) < 4.78 is 41.8. The van der Waals surface area contributed by atoms with E-state index < -0.39 is 17.9 Å². The zero-order valence-electron chi connectivity index (χ0n) is 14.0. The van der Waals surface area contributed by atoms with Gasteiger partial charge in [0.05, 0.1) is 12.2 Å². The molecule has 6 nitrogen and oxygen atoms in total. The quantitative estimate of drug-likeness (QED) is 0.867. The van der Waals surface area contributed by atoms with Gasteiger partial charge in [-0.1, -0.05) is 0 Å². The average Bonchev–Trinajstić information content (AvgIpc) is 3.13. The third-order valence-electron chi connectivity index (χ3n) is 4.26. The Morgan fingerprint density at radius 3 is 2.68 bits per heavy atom. The molecule has 0 spiro atoms. The molecule has 2 heterocycles. The number of nitrogens with zero attached hydrogens (tertiary/aromatic N) is 4. The SMILES string of the molecule is CCn1ccc(CNC(=O)C(C)n2nc(C(F)(F)F)cc2C2CC2)n1.